The number of rotatable bonds is 8. The Hall–Kier alpha value is -3.16. The number of halogens is 2. The van der Waals surface area contributed by atoms with Gasteiger partial charge in [-0.15, -0.1) is 0 Å². The van der Waals surface area contributed by atoms with Crippen LogP contribution in [0.3, 0.4) is 0 Å². The van der Waals surface area contributed by atoms with Gasteiger partial charge in [0.05, 0.1) is 24.2 Å². The zero-order valence-electron chi connectivity index (χ0n) is 19.7. The van der Waals surface area contributed by atoms with E-state index in [4.69, 9.17) is 21.1 Å². The van der Waals surface area contributed by atoms with E-state index in [1.54, 1.807) is 31.5 Å². The van der Waals surface area contributed by atoms with Crippen LogP contribution in [-0.2, 0) is 13.0 Å². The molecule has 0 spiro atoms. The molecule has 0 saturated carbocycles. The van der Waals surface area contributed by atoms with Crippen molar-refractivity contribution in [2.45, 2.75) is 33.3 Å². The first kappa shape index (κ1) is 24.9. The van der Waals surface area contributed by atoms with Crippen LogP contribution < -0.4 is 15.0 Å². The number of aromatic nitrogens is 2. The smallest absolute Gasteiger partial charge is 0.282 e. The van der Waals surface area contributed by atoms with Gasteiger partial charge in [-0.05, 0) is 43.2 Å². The number of fused-ring (bicyclic) bond motifs is 1. The van der Waals surface area contributed by atoms with E-state index in [2.05, 4.69) is 32.1 Å². The molecule has 6 nitrogen and oxygen atoms in total. The molecule has 4 aromatic rings. The largest absolute Gasteiger partial charge is 0.493 e. The quantitative estimate of drug-likeness (QED) is 0.232. The summed E-state index contributed by atoms with van der Waals surface area (Å²) in [6.07, 6.45) is 2.99. The number of benzene rings is 3. The summed E-state index contributed by atoms with van der Waals surface area (Å²) in [5.41, 5.74) is 3.16. The number of ether oxygens (including phenoxy) is 2. The highest BCUT2D eigenvalue weighted by Crippen LogP contribution is 2.34. The van der Waals surface area contributed by atoms with Crippen LogP contribution in [0.15, 0.2) is 69.0 Å². The molecule has 0 bridgehead atoms. The summed E-state index contributed by atoms with van der Waals surface area (Å²) in [4.78, 5) is 18.0. The third-order valence-corrected chi connectivity index (χ3v) is 6.11. The Morgan fingerprint density at radius 2 is 2.00 bits per heavy atom. The number of hydrogen-bond acceptors (Lipinski definition) is 5. The zero-order chi connectivity index (χ0) is 24.9. The first-order valence-corrected chi connectivity index (χ1v) is 12.4. The lowest BCUT2D eigenvalue weighted by Gasteiger charge is -2.14. The van der Waals surface area contributed by atoms with Crippen LogP contribution in [0.2, 0.25) is 5.02 Å². The fourth-order valence-electron chi connectivity index (χ4n) is 3.77. The van der Waals surface area contributed by atoms with Crippen LogP contribution >= 0.6 is 27.5 Å². The second kappa shape index (κ2) is 11.1. The van der Waals surface area contributed by atoms with Gasteiger partial charge in [-0.3, -0.25) is 4.79 Å². The Bertz CT molecular complexity index is 1470. The van der Waals surface area contributed by atoms with E-state index in [0.29, 0.717) is 51.8 Å². The molecule has 0 unspecified atom stereocenters. The van der Waals surface area contributed by atoms with Gasteiger partial charge < -0.3 is 9.47 Å². The number of nitrogens with zero attached hydrogens (tertiary/aromatic N) is 3. The van der Waals surface area contributed by atoms with Crippen LogP contribution in [0, 0.1) is 6.92 Å². The van der Waals surface area contributed by atoms with Gasteiger partial charge in [-0.25, -0.2) is 4.98 Å². The SMILES string of the molecule is CCCc1nc2ccc(Br)cc2c(=O)n1N=Cc1cc(Cl)cc(OC)c1OCc1cccc(C)c1. The lowest BCUT2D eigenvalue weighted by molar-refractivity contribution is 0.284. The maximum atomic E-state index is 13.3. The van der Waals surface area contributed by atoms with Crippen LogP contribution in [0.5, 0.6) is 11.5 Å². The van der Waals surface area contributed by atoms with Crippen LogP contribution in [0.25, 0.3) is 10.9 Å². The highest BCUT2D eigenvalue weighted by molar-refractivity contribution is 9.10. The van der Waals surface area contributed by atoms with Crippen molar-refractivity contribution in [3.63, 3.8) is 0 Å². The maximum absolute atomic E-state index is 13.3. The molecule has 1 aromatic heterocycles. The molecule has 0 aliphatic rings. The second-order valence-electron chi connectivity index (χ2n) is 8.11. The van der Waals surface area contributed by atoms with Crippen LogP contribution in [-0.4, -0.2) is 23.0 Å². The van der Waals surface area contributed by atoms with Crippen molar-refractivity contribution < 1.29 is 9.47 Å². The molecule has 0 saturated heterocycles. The lowest BCUT2D eigenvalue weighted by Crippen LogP contribution is -2.22. The van der Waals surface area contributed by atoms with Crippen molar-refractivity contribution in [3.05, 3.63) is 97.0 Å². The summed E-state index contributed by atoms with van der Waals surface area (Å²) >= 11 is 9.78. The molecule has 180 valence electrons. The van der Waals surface area contributed by atoms with E-state index in [9.17, 15) is 4.79 Å². The predicted molar refractivity (Wildman–Crippen MR) is 144 cm³/mol. The summed E-state index contributed by atoms with van der Waals surface area (Å²) in [7, 11) is 1.56. The molecule has 0 N–H and O–H groups in total. The van der Waals surface area contributed by atoms with E-state index in [-0.39, 0.29) is 5.56 Å². The van der Waals surface area contributed by atoms with E-state index in [1.165, 1.54) is 4.68 Å². The molecule has 0 fully saturated rings. The van der Waals surface area contributed by atoms with E-state index >= 15 is 0 Å². The number of aryl methyl sites for hydroxylation is 2. The molecular formula is C27H25BrClN3O3. The van der Waals surface area contributed by atoms with E-state index in [0.717, 1.165) is 22.0 Å². The Morgan fingerprint density at radius 3 is 2.74 bits per heavy atom. The first-order chi connectivity index (χ1) is 16.9. The van der Waals surface area contributed by atoms with Gasteiger partial charge in [0.15, 0.2) is 11.5 Å². The van der Waals surface area contributed by atoms with E-state index < -0.39 is 0 Å². The predicted octanol–water partition coefficient (Wildman–Crippen LogP) is 6.54. The number of methoxy groups -OCH3 is 1. The van der Waals surface area contributed by atoms with Gasteiger partial charge in [0.1, 0.15) is 12.4 Å². The molecule has 35 heavy (non-hydrogen) atoms. The van der Waals surface area contributed by atoms with Gasteiger partial charge in [0.25, 0.3) is 5.56 Å². The molecule has 0 aliphatic carbocycles. The lowest BCUT2D eigenvalue weighted by atomic mass is 10.1. The first-order valence-electron chi connectivity index (χ1n) is 11.2. The Balaban J connectivity index is 1.78. The fraction of sp³-hybridized carbons (Fsp3) is 0.222. The second-order valence-corrected chi connectivity index (χ2v) is 9.46. The van der Waals surface area contributed by atoms with E-state index in [1.807, 2.05) is 44.2 Å². The maximum Gasteiger partial charge on any atom is 0.282 e. The fourth-order valence-corrected chi connectivity index (χ4v) is 4.35. The molecule has 0 aliphatic heterocycles. The van der Waals surface area contributed by atoms with Gasteiger partial charge >= 0.3 is 0 Å². The van der Waals surface area contributed by atoms with Gasteiger partial charge in [0.2, 0.25) is 0 Å². The summed E-state index contributed by atoms with van der Waals surface area (Å²) in [6, 6.07) is 17.0. The summed E-state index contributed by atoms with van der Waals surface area (Å²) < 4.78 is 13.8. The highest BCUT2D eigenvalue weighted by Gasteiger charge is 2.14. The minimum atomic E-state index is -0.243. The highest BCUT2D eigenvalue weighted by atomic mass is 79.9. The zero-order valence-corrected chi connectivity index (χ0v) is 22.1. The molecule has 3 aromatic carbocycles. The van der Waals surface area contributed by atoms with Crippen molar-refractivity contribution in [2.24, 2.45) is 5.10 Å². The van der Waals surface area contributed by atoms with Gasteiger partial charge in [-0.2, -0.15) is 9.78 Å². The normalized spacial score (nSPS) is 11.3. The molecule has 1 heterocycles. The molecule has 0 radical (unpaired) electrons. The van der Waals surface area contributed by atoms with Crippen molar-refractivity contribution in [2.75, 3.05) is 7.11 Å². The molecule has 0 amide bonds. The number of hydrogen-bond donors (Lipinski definition) is 0. The average molecular weight is 555 g/mol. The Kier molecular flexibility index (Phi) is 7.88. The monoisotopic (exact) mass is 553 g/mol. The summed E-state index contributed by atoms with van der Waals surface area (Å²) in [5.74, 6) is 1.55. The van der Waals surface area contributed by atoms with Gasteiger partial charge in [-0.1, -0.05) is 64.3 Å². The van der Waals surface area contributed by atoms with Crippen molar-refractivity contribution in [1.29, 1.82) is 0 Å². The molecule has 4 rings (SSSR count). The molecule has 8 heteroatoms. The standard InChI is InChI=1S/C27H25BrClN3O3/c1-4-6-25-31-23-10-9-20(28)13-22(23)27(33)32(25)30-15-19-12-21(29)14-24(34-3)26(19)35-16-18-8-5-7-17(2)11-18/h5,7-15H,4,6,16H2,1-3H3. The third kappa shape index (κ3) is 5.74. The Labute approximate surface area is 217 Å². The van der Waals surface area contributed by atoms with Crippen molar-refractivity contribution in [1.82, 2.24) is 9.66 Å². The van der Waals surface area contributed by atoms with Crippen LogP contribution in [0.4, 0.5) is 0 Å². The van der Waals surface area contributed by atoms with Crippen molar-refractivity contribution >= 4 is 44.6 Å². The average Bonchev–Trinajstić information content (AvgIpc) is 2.83. The minimum Gasteiger partial charge on any atom is -0.493 e. The van der Waals surface area contributed by atoms with Crippen LogP contribution in [0.1, 0.15) is 35.9 Å². The summed E-state index contributed by atoms with van der Waals surface area (Å²) in [5, 5.41) is 5.48. The van der Waals surface area contributed by atoms with Crippen molar-refractivity contribution in [3.8, 4) is 11.5 Å². The molecular weight excluding hydrogens is 530 g/mol. The molecule has 0 atom stereocenters. The minimum absolute atomic E-state index is 0.243. The van der Waals surface area contributed by atoms with Gasteiger partial charge in [0, 0.05) is 27.5 Å². The third-order valence-electron chi connectivity index (χ3n) is 5.40. The Morgan fingerprint density at radius 1 is 1.17 bits per heavy atom. The summed E-state index contributed by atoms with van der Waals surface area (Å²) in [6.45, 7) is 4.41. The topological polar surface area (TPSA) is 65.7 Å².